The van der Waals surface area contributed by atoms with Crippen LogP contribution in [-0.4, -0.2) is 31.6 Å². The number of hydrogen-bond donors (Lipinski definition) is 2. The van der Waals surface area contributed by atoms with E-state index in [0.29, 0.717) is 0 Å². The van der Waals surface area contributed by atoms with Crippen LogP contribution in [0.3, 0.4) is 0 Å². The van der Waals surface area contributed by atoms with Crippen molar-refractivity contribution in [3.63, 3.8) is 0 Å². The van der Waals surface area contributed by atoms with Crippen molar-refractivity contribution >= 4 is 14.3 Å². The third kappa shape index (κ3) is 3.25. The first-order valence-electron chi connectivity index (χ1n) is 6.33. The minimum Gasteiger partial charge on any atom is -0.539 e. The van der Waals surface area contributed by atoms with Crippen molar-refractivity contribution in [2.75, 3.05) is 7.11 Å². The Balaban J connectivity index is 3.19. The molecule has 0 aliphatic carbocycles. The summed E-state index contributed by atoms with van der Waals surface area (Å²) in [5, 5.41) is 19.9. The van der Waals surface area contributed by atoms with E-state index in [1.165, 1.54) is 19.2 Å². The standard InChI is InChI=1S/C14H22O5Si/c1-14(2,3)20(5,6)19-12-10(15)7-9(8-11(12)16)13(17)18-4/h7-8,15-16H,1-6H3. The van der Waals surface area contributed by atoms with Gasteiger partial charge < -0.3 is 19.4 Å². The van der Waals surface area contributed by atoms with E-state index >= 15 is 0 Å². The zero-order valence-electron chi connectivity index (χ0n) is 12.8. The molecule has 0 fully saturated rings. The molecule has 1 aromatic carbocycles. The normalized spacial score (nSPS) is 12.1. The predicted molar refractivity (Wildman–Crippen MR) is 78.9 cm³/mol. The number of esters is 1. The highest BCUT2D eigenvalue weighted by atomic mass is 28.4. The molecule has 0 bridgehead atoms. The lowest BCUT2D eigenvalue weighted by Crippen LogP contribution is -2.43. The SMILES string of the molecule is COC(=O)c1cc(O)c(O[Si](C)(C)C(C)(C)C)c(O)c1. The molecule has 0 saturated heterocycles. The molecular weight excluding hydrogens is 276 g/mol. The Morgan fingerprint density at radius 1 is 1.15 bits per heavy atom. The fourth-order valence-electron chi connectivity index (χ4n) is 1.35. The molecule has 0 amide bonds. The van der Waals surface area contributed by atoms with Crippen molar-refractivity contribution < 1.29 is 24.2 Å². The average molecular weight is 298 g/mol. The third-order valence-electron chi connectivity index (χ3n) is 3.63. The summed E-state index contributed by atoms with van der Waals surface area (Å²) in [6.45, 7) is 10.2. The highest BCUT2D eigenvalue weighted by molar-refractivity contribution is 6.74. The maximum Gasteiger partial charge on any atom is 0.338 e. The van der Waals surface area contributed by atoms with Crippen LogP contribution in [0, 0.1) is 0 Å². The van der Waals surface area contributed by atoms with Crippen LogP contribution in [0.1, 0.15) is 31.1 Å². The first-order chi connectivity index (χ1) is 8.99. The molecule has 0 radical (unpaired) electrons. The van der Waals surface area contributed by atoms with Crippen LogP contribution in [0.25, 0.3) is 0 Å². The van der Waals surface area contributed by atoms with Crippen LogP contribution in [-0.2, 0) is 4.74 Å². The molecule has 5 nitrogen and oxygen atoms in total. The smallest absolute Gasteiger partial charge is 0.338 e. The molecule has 20 heavy (non-hydrogen) atoms. The predicted octanol–water partition coefficient (Wildman–Crippen LogP) is 3.27. The van der Waals surface area contributed by atoms with Crippen LogP contribution >= 0.6 is 0 Å². The summed E-state index contributed by atoms with van der Waals surface area (Å²) in [4.78, 5) is 11.4. The zero-order valence-corrected chi connectivity index (χ0v) is 13.8. The molecule has 0 saturated carbocycles. The number of phenols is 2. The van der Waals surface area contributed by atoms with Crippen molar-refractivity contribution in [2.24, 2.45) is 0 Å². The van der Waals surface area contributed by atoms with Gasteiger partial charge in [0.15, 0.2) is 17.2 Å². The summed E-state index contributed by atoms with van der Waals surface area (Å²) in [5.41, 5.74) is 0.0741. The summed E-state index contributed by atoms with van der Waals surface area (Å²) < 4.78 is 10.4. The molecule has 0 atom stereocenters. The number of rotatable bonds is 3. The van der Waals surface area contributed by atoms with Crippen LogP contribution < -0.4 is 4.43 Å². The van der Waals surface area contributed by atoms with Gasteiger partial charge in [0, 0.05) is 0 Å². The molecular formula is C14H22O5Si. The summed E-state index contributed by atoms with van der Waals surface area (Å²) >= 11 is 0. The lowest BCUT2D eigenvalue weighted by molar-refractivity contribution is 0.0599. The molecule has 0 aromatic heterocycles. The van der Waals surface area contributed by atoms with Crippen molar-refractivity contribution in [1.82, 2.24) is 0 Å². The molecule has 0 spiro atoms. The first-order valence-corrected chi connectivity index (χ1v) is 9.23. The highest BCUT2D eigenvalue weighted by Gasteiger charge is 2.40. The number of ether oxygens (including phenoxy) is 1. The number of hydrogen-bond acceptors (Lipinski definition) is 5. The van der Waals surface area contributed by atoms with Gasteiger partial charge in [0.25, 0.3) is 8.32 Å². The molecule has 0 heterocycles. The lowest BCUT2D eigenvalue weighted by Gasteiger charge is -2.36. The number of aromatic hydroxyl groups is 2. The van der Waals surface area contributed by atoms with E-state index in [1.54, 1.807) is 0 Å². The van der Waals surface area contributed by atoms with Crippen molar-refractivity contribution in [1.29, 1.82) is 0 Å². The molecule has 112 valence electrons. The molecule has 0 aliphatic rings. The lowest BCUT2D eigenvalue weighted by atomic mass is 10.2. The van der Waals surface area contributed by atoms with Gasteiger partial charge in [0.2, 0.25) is 0 Å². The van der Waals surface area contributed by atoms with Gasteiger partial charge in [-0.15, -0.1) is 0 Å². The molecule has 0 aliphatic heterocycles. The van der Waals surface area contributed by atoms with Gasteiger partial charge in [-0.1, -0.05) is 20.8 Å². The largest absolute Gasteiger partial charge is 0.539 e. The Labute approximate surface area is 120 Å². The topological polar surface area (TPSA) is 76.0 Å². The molecule has 6 heteroatoms. The number of carbonyl (C=O) groups is 1. The Morgan fingerprint density at radius 3 is 1.95 bits per heavy atom. The van der Waals surface area contributed by atoms with Gasteiger partial charge >= 0.3 is 5.97 Å². The summed E-state index contributed by atoms with van der Waals surface area (Å²) in [7, 11) is -0.965. The van der Waals surface area contributed by atoms with Crippen LogP contribution in [0.15, 0.2) is 12.1 Å². The van der Waals surface area contributed by atoms with E-state index < -0.39 is 14.3 Å². The number of phenolic OH excluding ortho intramolecular Hbond substituents is 2. The van der Waals surface area contributed by atoms with Crippen molar-refractivity contribution in [2.45, 2.75) is 38.9 Å². The van der Waals surface area contributed by atoms with Crippen LogP contribution in [0.4, 0.5) is 0 Å². The van der Waals surface area contributed by atoms with Crippen molar-refractivity contribution in [3.8, 4) is 17.2 Å². The second-order valence-corrected chi connectivity index (χ2v) is 10.9. The average Bonchev–Trinajstić information content (AvgIpc) is 2.31. The number of methoxy groups -OCH3 is 1. The molecule has 1 rings (SSSR count). The molecule has 2 N–H and O–H groups in total. The van der Waals surface area contributed by atoms with Gasteiger partial charge in [-0.3, -0.25) is 0 Å². The summed E-state index contributed by atoms with van der Waals surface area (Å²) in [5.74, 6) is -1.15. The van der Waals surface area contributed by atoms with E-state index in [1.807, 2.05) is 13.1 Å². The number of carbonyl (C=O) groups excluding carboxylic acids is 1. The van der Waals surface area contributed by atoms with E-state index in [4.69, 9.17) is 4.43 Å². The fraction of sp³-hybridized carbons (Fsp3) is 0.500. The quantitative estimate of drug-likeness (QED) is 0.661. The first kappa shape index (κ1) is 16.4. The Bertz CT molecular complexity index is 494. The Hall–Kier alpha value is -1.69. The van der Waals surface area contributed by atoms with E-state index in [0.717, 1.165) is 0 Å². The van der Waals surface area contributed by atoms with Crippen LogP contribution in [0.5, 0.6) is 17.2 Å². The second kappa shape index (κ2) is 5.36. The fourth-order valence-corrected chi connectivity index (χ4v) is 2.37. The third-order valence-corrected chi connectivity index (χ3v) is 7.96. The zero-order chi connectivity index (χ0) is 15.7. The van der Waals surface area contributed by atoms with Crippen LogP contribution in [0.2, 0.25) is 18.1 Å². The van der Waals surface area contributed by atoms with Gasteiger partial charge in [-0.05, 0) is 30.3 Å². The van der Waals surface area contributed by atoms with Crippen molar-refractivity contribution in [3.05, 3.63) is 17.7 Å². The number of benzene rings is 1. The van der Waals surface area contributed by atoms with E-state index in [-0.39, 0.29) is 27.9 Å². The summed E-state index contributed by atoms with van der Waals surface area (Å²) in [6.07, 6.45) is 0. The maximum absolute atomic E-state index is 11.4. The maximum atomic E-state index is 11.4. The van der Waals surface area contributed by atoms with Gasteiger partial charge in [-0.2, -0.15) is 0 Å². The Kier molecular flexibility index (Phi) is 4.38. The van der Waals surface area contributed by atoms with Gasteiger partial charge in [-0.25, -0.2) is 4.79 Å². The van der Waals surface area contributed by atoms with E-state index in [9.17, 15) is 15.0 Å². The molecule has 0 unspecified atom stereocenters. The monoisotopic (exact) mass is 298 g/mol. The Morgan fingerprint density at radius 2 is 1.60 bits per heavy atom. The summed E-state index contributed by atoms with van der Waals surface area (Å²) in [6, 6.07) is 2.46. The van der Waals surface area contributed by atoms with Gasteiger partial charge in [0.1, 0.15) is 0 Å². The van der Waals surface area contributed by atoms with E-state index in [2.05, 4.69) is 25.5 Å². The highest BCUT2D eigenvalue weighted by Crippen LogP contribution is 2.44. The van der Waals surface area contributed by atoms with Gasteiger partial charge in [0.05, 0.1) is 12.7 Å². The molecule has 1 aromatic rings. The second-order valence-electron chi connectivity index (χ2n) is 6.20. The minimum absolute atomic E-state index is 0.0178. The minimum atomic E-state index is -2.20.